The van der Waals surface area contributed by atoms with Crippen LogP contribution in [0.5, 0.6) is 0 Å². The SMILES string of the molecule is CC(c1ccc(C(F)(F)F)cc1C(F)(F)F)n1ncc(N)n1. The third-order valence-corrected chi connectivity index (χ3v) is 3.01. The number of nitrogen functional groups attached to an aromatic ring is 1. The molecular formula is C12H10F6N4. The molecule has 1 unspecified atom stereocenters. The molecule has 1 aromatic carbocycles. The number of halogens is 6. The van der Waals surface area contributed by atoms with E-state index in [0.717, 1.165) is 17.1 Å². The normalized spacial score (nSPS) is 14.1. The van der Waals surface area contributed by atoms with E-state index in [2.05, 4.69) is 10.2 Å². The third kappa shape index (κ3) is 3.15. The Kier molecular flexibility index (Phi) is 3.80. The first-order valence-electron chi connectivity index (χ1n) is 5.96. The van der Waals surface area contributed by atoms with Gasteiger partial charge >= 0.3 is 12.4 Å². The van der Waals surface area contributed by atoms with Gasteiger partial charge in [0.25, 0.3) is 0 Å². The predicted molar refractivity (Wildman–Crippen MR) is 64.7 cm³/mol. The summed E-state index contributed by atoms with van der Waals surface area (Å²) in [5.74, 6) is -0.00711. The summed E-state index contributed by atoms with van der Waals surface area (Å²) in [6.07, 6.45) is -8.67. The number of hydrogen-bond acceptors (Lipinski definition) is 3. The number of aromatic nitrogens is 3. The van der Waals surface area contributed by atoms with Gasteiger partial charge in [-0.05, 0) is 24.6 Å². The summed E-state index contributed by atoms with van der Waals surface area (Å²) in [7, 11) is 0. The van der Waals surface area contributed by atoms with E-state index in [1.807, 2.05) is 0 Å². The molecule has 0 bridgehead atoms. The standard InChI is InChI=1S/C12H10F6N4/c1-6(22-20-5-10(19)21-22)8-3-2-7(11(13,14)15)4-9(8)12(16,17)18/h2-6H,1H3,(H2,19,21). The van der Waals surface area contributed by atoms with Gasteiger partial charge in [0.2, 0.25) is 0 Å². The molecule has 0 aliphatic rings. The molecule has 2 aromatic rings. The first-order chi connectivity index (χ1) is 10.00. The summed E-state index contributed by atoms with van der Waals surface area (Å²) >= 11 is 0. The van der Waals surface area contributed by atoms with Crippen LogP contribution in [-0.4, -0.2) is 15.0 Å². The van der Waals surface area contributed by atoms with Crippen molar-refractivity contribution in [3.63, 3.8) is 0 Å². The van der Waals surface area contributed by atoms with E-state index in [-0.39, 0.29) is 17.4 Å². The topological polar surface area (TPSA) is 56.7 Å². The maximum Gasteiger partial charge on any atom is 0.416 e. The fourth-order valence-electron chi connectivity index (χ4n) is 1.94. The summed E-state index contributed by atoms with van der Waals surface area (Å²) in [6.45, 7) is 1.33. The van der Waals surface area contributed by atoms with Crippen LogP contribution in [0.1, 0.15) is 29.7 Å². The fraction of sp³-hybridized carbons (Fsp3) is 0.333. The number of nitrogens with two attached hydrogens (primary N) is 1. The minimum Gasteiger partial charge on any atom is -0.381 e. The maximum atomic E-state index is 13.1. The van der Waals surface area contributed by atoms with Crippen molar-refractivity contribution in [1.82, 2.24) is 15.0 Å². The molecule has 0 amide bonds. The van der Waals surface area contributed by atoms with E-state index >= 15 is 0 Å². The van der Waals surface area contributed by atoms with Gasteiger partial charge in [-0.25, -0.2) is 0 Å². The molecule has 22 heavy (non-hydrogen) atoms. The van der Waals surface area contributed by atoms with Crippen LogP contribution in [0, 0.1) is 0 Å². The Balaban J connectivity index is 2.56. The van der Waals surface area contributed by atoms with Crippen molar-refractivity contribution in [2.45, 2.75) is 25.3 Å². The molecule has 0 aliphatic carbocycles. The maximum absolute atomic E-state index is 13.1. The lowest BCUT2D eigenvalue weighted by molar-refractivity contribution is -0.143. The second-order valence-corrected chi connectivity index (χ2v) is 4.56. The molecular weight excluding hydrogens is 314 g/mol. The van der Waals surface area contributed by atoms with Crippen LogP contribution in [0.4, 0.5) is 32.2 Å². The highest BCUT2D eigenvalue weighted by molar-refractivity contribution is 5.37. The molecule has 0 saturated heterocycles. The molecule has 1 aromatic heterocycles. The number of rotatable bonds is 2. The van der Waals surface area contributed by atoms with Crippen LogP contribution in [0.15, 0.2) is 24.4 Å². The van der Waals surface area contributed by atoms with Gasteiger partial charge in [0, 0.05) is 0 Å². The second kappa shape index (κ2) is 5.18. The van der Waals surface area contributed by atoms with Gasteiger partial charge in [0.05, 0.1) is 23.4 Å². The van der Waals surface area contributed by atoms with E-state index in [0.29, 0.717) is 6.07 Å². The Labute approximate surface area is 120 Å². The molecule has 1 heterocycles. The predicted octanol–water partition coefficient (Wildman–Crippen LogP) is 3.51. The van der Waals surface area contributed by atoms with Gasteiger partial charge in [0.15, 0.2) is 5.82 Å². The van der Waals surface area contributed by atoms with Gasteiger partial charge in [-0.15, -0.1) is 5.10 Å². The number of nitrogens with zero attached hydrogens (tertiary/aromatic N) is 3. The highest BCUT2D eigenvalue weighted by Crippen LogP contribution is 2.39. The zero-order valence-corrected chi connectivity index (χ0v) is 11.1. The minimum absolute atomic E-state index is 0.00711. The molecule has 0 radical (unpaired) electrons. The van der Waals surface area contributed by atoms with Crippen LogP contribution in [0.2, 0.25) is 0 Å². The number of alkyl halides is 6. The Morgan fingerprint density at radius 3 is 2.18 bits per heavy atom. The van der Waals surface area contributed by atoms with Crippen LogP contribution < -0.4 is 5.73 Å². The Bertz CT molecular complexity index is 673. The molecule has 2 rings (SSSR count). The van der Waals surface area contributed by atoms with E-state index in [1.54, 1.807) is 0 Å². The smallest absolute Gasteiger partial charge is 0.381 e. The summed E-state index contributed by atoms with van der Waals surface area (Å²) in [5, 5.41) is 7.35. The molecule has 0 saturated carbocycles. The zero-order chi connectivity index (χ0) is 16.7. The lowest BCUT2D eigenvalue weighted by Crippen LogP contribution is -2.18. The highest BCUT2D eigenvalue weighted by Gasteiger charge is 2.39. The van der Waals surface area contributed by atoms with E-state index in [1.165, 1.54) is 6.92 Å². The fourth-order valence-corrected chi connectivity index (χ4v) is 1.94. The zero-order valence-electron chi connectivity index (χ0n) is 11.1. The number of hydrogen-bond donors (Lipinski definition) is 1. The van der Waals surface area contributed by atoms with Crippen molar-refractivity contribution in [3.8, 4) is 0 Å². The van der Waals surface area contributed by atoms with Crippen LogP contribution >= 0.6 is 0 Å². The Hall–Kier alpha value is -2.26. The monoisotopic (exact) mass is 324 g/mol. The average Bonchev–Trinajstić information content (AvgIpc) is 2.82. The summed E-state index contributed by atoms with van der Waals surface area (Å²) in [5.41, 5.74) is 2.20. The lowest BCUT2D eigenvalue weighted by Gasteiger charge is -2.19. The molecule has 2 N–H and O–H groups in total. The summed E-state index contributed by atoms with van der Waals surface area (Å²) in [6, 6.07) is 0.416. The molecule has 1 atom stereocenters. The van der Waals surface area contributed by atoms with Crippen molar-refractivity contribution in [1.29, 1.82) is 0 Å². The minimum atomic E-state index is -4.94. The van der Waals surface area contributed by atoms with Crippen molar-refractivity contribution < 1.29 is 26.3 Å². The van der Waals surface area contributed by atoms with Gasteiger partial charge in [0.1, 0.15) is 0 Å². The van der Waals surface area contributed by atoms with Gasteiger partial charge in [-0.1, -0.05) is 6.07 Å². The first kappa shape index (κ1) is 16.1. The van der Waals surface area contributed by atoms with Crippen LogP contribution in [0.25, 0.3) is 0 Å². The molecule has 0 aliphatic heterocycles. The molecule has 10 heteroatoms. The third-order valence-electron chi connectivity index (χ3n) is 3.01. The van der Waals surface area contributed by atoms with Gasteiger partial charge in [-0.3, -0.25) is 0 Å². The average molecular weight is 324 g/mol. The number of benzene rings is 1. The van der Waals surface area contributed by atoms with Crippen molar-refractivity contribution in [3.05, 3.63) is 41.1 Å². The Morgan fingerprint density at radius 2 is 1.73 bits per heavy atom. The van der Waals surface area contributed by atoms with E-state index in [9.17, 15) is 26.3 Å². The molecule has 0 spiro atoms. The van der Waals surface area contributed by atoms with Crippen molar-refractivity contribution >= 4 is 5.82 Å². The van der Waals surface area contributed by atoms with Gasteiger partial charge in [-0.2, -0.15) is 36.2 Å². The Morgan fingerprint density at radius 1 is 1.09 bits per heavy atom. The van der Waals surface area contributed by atoms with Crippen LogP contribution in [-0.2, 0) is 12.4 Å². The summed E-state index contributed by atoms with van der Waals surface area (Å²) in [4.78, 5) is 0.910. The van der Waals surface area contributed by atoms with Crippen molar-refractivity contribution in [2.75, 3.05) is 5.73 Å². The van der Waals surface area contributed by atoms with E-state index in [4.69, 9.17) is 5.73 Å². The lowest BCUT2D eigenvalue weighted by atomic mass is 9.98. The quantitative estimate of drug-likeness (QED) is 0.860. The largest absolute Gasteiger partial charge is 0.416 e. The second-order valence-electron chi connectivity index (χ2n) is 4.56. The van der Waals surface area contributed by atoms with Gasteiger partial charge < -0.3 is 5.73 Å². The van der Waals surface area contributed by atoms with E-state index < -0.39 is 29.5 Å². The number of anilines is 1. The summed E-state index contributed by atoms with van der Waals surface area (Å²) < 4.78 is 77.0. The first-order valence-corrected chi connectivity index (χ1v) is 5.96. The van der Waals surface area contributed by atoms with Crippen molar-refractivity contribution in [2.24, 2.45) is 0 Å². The van der Waals surface area contributed by atoms with Crippen LogP contribution in [0.3, 0.4) is 0 Å². The molecule has 0 fully saturated rings. The highest BCUT2D eigenvalue weighted by atomic mass is 19.4. The molecule has 4 nitrogen and oxygen atoms in total. The molecule has 120 valence electrons.